The first kappa shape index (κ1) is 12.3. The third-order valence-corrected chi connectivity index (χ3v) is 3.25. The number of nitriles is 1. The molecule has 0 atom stereocenters. The molecule has 2 N–H and O–H groups in total. The molecule has 0 bridgehead atoms. The minimum Gasteiger partial charge on any atom is -0.384 e. The van der Waals surface area contributed by atoms with Crippen molar-refractivity contribution in [2.75, 3.05) is 5.73 Å². The van der Waals surface area contributed by atoms with Crippen molar-refractivity contribution >= 4 is 16.6 Å². The van der Waals surface area contributed by atoms with Gasteiger partial charge in [0.05, 0.1) is 5.69 Å². The SMILES string of the molecule is CCC(CC)c1nc(C#N)cc2cnc(N)cc12. The van der Waals surface area contributed by atoms with E-state index in [1.54, 1.807) is 12.3 Å². The fraction of sp³-hybridized carbons (Fsp3) is 0.357. The van der Waals surface area contributed by atoms with Crippen molar-refractivity contribution < 1.29 is 0 Å². The summed E-state index contributed by atoms with van der Waals surface area (Å²) in [5.74, 6) is 0.837. The average molecular weight is 240 g/mol. The van der Waals surface area contributed by atoms with E-state index in [-0.39, 0.29) is 0 Å². The highest BCUT2D eigenvalue weighted by Gasteiger charge is 2.14. The zero-order valence-corrected chi connectivity index (χ0v) is 10.6. The second-order valence-electron chi connectivity index (χ2n) is 4.35. The van der Waals surface area contributed by atoms with Crippen LogP contribution in [0.2, 0.25) is 0 Å². The molecule has 92 valence electrons. The monoisotopic (exact) mass is 240 g/mol. The highest BCUT2D eigenvalue weighted by atomic mass is 14.8. The highest BCUT2D eigenvalue weighted by molar-refractivity contribution is 5.86. The van der Waals surface area contributed by atoms with Crippen LogP contribution in [0.3, 0.4) is 0 Å². The second kappa shape index (κ2) is 5.01. The topological polar surface area (TPSA) is 75.6 Å². The number of pyridine rings is 2. The van der Waals surface area contributed by atoms with Crippen LogP contribution in [0.5, 0.6) is 0 Å². The Kier molecular flexibility index (Phi) is 3.42. The Morgan fingerprint density at radius 2 is 2.06 bits per heavy atom. The smallest absolute Gasteiger partial charge is 0.141 e. The van der Waals surface area contributed by atoms with Crippen LogP contribution in [0.1, 0.15) is 44.0 Å². The van der Waals surface area contributed by atoms with Gasteiger partial charge in [-0.3, -0.25) is 0 Å². The lowest BCUT2D eigenvalue weighted by molar-refractivity contribution is 0.628. The van der Waals surface area contributed by atoms with Crippen molar-refractivity contribution in [1.82, 2.24) is 9.97 Å². The summed E-state index contributed by atoms with van der Waals surface area (Å²) in [5.41, 5.74) is 7.14. The van der Waals surface area contributed by atoms with Crippen molar-refractivity contribution in [3.8, 4) is 6.07 Å². The first-order valence-electron chi connectivity index (χ1n) is 6.15. The number of rotatable bonds is 3. The van der Waals surface area contributed by atoms with E-state index in [0.29, 0.717) is 17.4 Å². The van der Waals surface area contributed by atoms with Crippen LogP contribution in [0.4, 0.5) is 5.82 Å². The molecular formula is C14H16N4. The summed E-state index contributed by atoms with van der Waals surface area (Å²) >= 11 is 0. The molecule has 0 amide bonds. The van der Waals surface area contributed by atoms with Crippen LogP contribution in [-0.2, 0) is 0 Å². The lowest BCUT2D eigenvalue weighted by atomic mass is 9.94. The van der Waals surface area contributed by atoms with Gasteiger partial charge in [0.25, 0.3) is 0 Å². The largest absolute Gasteiger partial charge is 0.384 e. The molecule has 2 aromatic rings. The molecular weight excluding hydrogens is 224 g/mol. The normalized spacial score (nSPS) is 10.8. The first-order chi connectivity index (χ1) is 8.69. The molecule has 0 aliphatic heterocycles. The van der Waals surface area contributed by atoms with Gasteiger partial charge in [-0.15, -0.1) is 0 Å². The van der Waals surface area contributed by atoms with E-state index in [9.17, 15) is 0 Å². The Morgan fingerprint density at radius 1 is 1.33 bits per heavy atom. The van der Waals surface area contributed by atoms with Crippen molar-refractivity contribution in [3.05, 3.63) is 29.7 Å². The van der Waals surface area contributed by atoms with Gasteiger partial charge >= 0.3 is 0 Å². The van der Waals surface area contributed by atoms with Crippen LogP contribution >= 0.6 is 0 Å². The molecule has 0 fully saturated rings. The van der Waals surface area contributed by atoms with Gasteiger partial charge in [-0.2, -0.15) is 5.26 Å². The van der Waals surface area contributed by atoms with Crippen LogP contribution in [-0.4, -0.2) is 9.97 Å². The second-order valence-corrected chi connectivity index (χ2v) is 4.35. The van der Waals surface area contributed by atoms with E-state index in [1.165, 1.54) is 0 Å². The van der Waals surface area contributed by atoms with Crippen molar-refractivity contribution in [1.29, 1.82) is 5.26 Å². The van der Waals surface area contributed by atoms with Crippen LogP contribution in [0.25, 0.3) is 10.8 Å². The maximum Gasteiger partial charge on any atom is 0.141 e. The van der Waals surface area contributed by atoms with Crippen molar-refractivity contribution in [2.24, 2.45) is 0 Å². The maximum absolute atomic E-state index is 9.05. The van der Waals surface area contributed by atoms with Crippen molar-refractivity contribution in [3.63, 3.8) is 0 Å². The van der Waals surface area contributed by atoms with Crippen LogP contribution < -0.4 is 5.73 Å². The molecule has 4 nitrogen and oxygen atoms in total. The molecule has 2 aromatic heterocycles. The third-order valence-electron chi connectivity index (χ3n) is 3.25. The molecule has 18 heavy (non-hydrogen) atoms. The summed E-state index contributed by atoms with van der Waals surface area (Å²) in [5, 5.41) is 11.0. The molecule has 0 aliphatic rings. The first-order valence-corrected chi connectivity index (χ1v) is 6.15. The predicted octanol–water partition coefficient (Wildman–Crippen LogP) is 2.99. The van der Waals surface area contributed by atoms with Gasteiger partial charge in [0.15, 0.2) is 0 Å². The molecule has 4 heteroatoms. The summed E-state index contributed by atoms with van der Waals surface area (Å²) in [6.45, 7) is 4.26. The van der Waals surface area contributed by atoms with E-state index in [2.05, 4.69) is 29.9 Å². The van der Waals surface area contributed by atoms with Gasteiger partial charge in [0.2, 0.25) is 0 Å². The fourth-order valence-electron chi connectivity index (χ4n) is 2.23. The van der Waals surface area contributed by atoms with E-state index in [4.69, 9.17) is 11.0 Å². The number of nitrogens with two attached hydrogens (primary N) is 1. The number of hydrogen-bond acceptors (Lipinski definition) is 4. The van der Waals surface area contributed by atoms with E-state index >= 15 is 0 Å². The zero-order chi connectivity index (χ0) is 13.1. The fourth-order valence-corrected chi connectivity index (χ4v) is 2.23. The summed E-state index contributed by atoms with van der Waals surface area (Å²) < 4.78 is 0. The number of nitrogens with zero attached hydrogens (tertiary/aromatic N) is 3. The number of nitrogen functional groups attached to an aromatic ring is 1. The summed E-state index contributed by atoms with van der Waals surface area (Å²) in [7, 11) is 0. The molecule has 0 unspecified atom stereocenters. The number of fused-ring (bicyclic) bond motifs is 1. The lowest BCUT2D eigenvalue weighted by Crippen LogP contribution is -2.03. The Hall–Kier alpha value is -2.15. The summed E-state index contributed by atoms with van der Waals surface area (Å²) in [4.78, 5) is 8.53. The molecule has 2 rings (SSSR count). The number of hydrogen-bond donors (Lipinski definition) is 1. The standard InChI is InChI=1S/C14H16N4/c1-3-9(4-2)14-12-6-13(16)17-8-10(12)5-11(7-15)18-14/h5-6,8-9H,3-4H2,1-2H3,(H2,16,17). The predicted molar refractivity (Wildman–Crippen MR) is 72.0 cm³/mol. The van der Waals surface area contributed by atoms with E-state index in [1.807, 2.05) is 6.07 Å². The Labute approximate surface area is 106 Å². The van der Waals surface area contributed by atoms with Crippen molar-refractivity contribution in [2.45, 2.75) is 32.6 Å². The molecule has 0 aliphatic carbocycles. The molecule has 0 saturated carbocycles. The Bertz CT molecular complexity index is 609. The van der Waals surface area contributed by atoms with Gasteiger partial charge in [-0.05, 0) is 25.0 Å². The van der Waals surface area contributed by atoms with Crippen LogP contribution in [0.15, 0.2) is 18.3 Å². The summed E-state index contributed by atoms with van der Waals surface area (Å²) in [6, 6.07) is 5.71. The van der Waals surface area contributed by atoms with Gasteiger partial charge < -0.3 is 5.73 Å². The molecule has 0 aromatic carbocycles. The van der Waals surface area contributed by atoms with Gasteiger partial charge in [-0.1, -0.05) is 13.8 Å². The lowest BCUT2D eigenvalue weighted by Gasteiger charge is -2.15. The summed E-state index contributed by atoms with van der Waals surface area (Å²) in [6.07, 6.45) is 3.70. The third kappa shape index (κ3) is 2.12. The zero-order valence-electron chi connectivity index (χ0n) is 10.6. The number of aromatic nitrogens is 2. The van der Waals surface area contributed by atoms with E-state index in [0.717, 1.165) is 29.3 Å². The van der Waals surface area contributed by atoms with Gasteiger partial charge in [-0.25, -0.2) is 9.97 Å². The Morgan fingerprint density at radius 3 is 2.67 bits per heavy atom. The van der Waals surface area contributed by atoms with E-state index < -0.39 is 0 Å². The maximum atomic E-state index is 9.05. The van der Waals surface area contributed by atoms with Gasteiger partial charge in [0, 0.05) is 22.9 Å². The molecule has 0 radical (unpaired) electrons. The van der Waals surface area contributed by atoms with Gasteiger partial charge in [0.1, 0.15) is 17.6 Å². The molecule has 2 heterocycles. The highest BCUT2D eigenvalue weighted by Crippen LogP contribution is 2.29. The molecule has 0 spiro atoms. The minimum atomic E-state index is 0.350. The average Bonchev–Trinajstić information content (AvgIpc) is 2.40. The minimum absolute atomic E-state index is 0.350. The number of anilines is 1. The quantitative estimate of drug-likeness (QED) is 0.894. The van der Waals surface area contributed by atoms with Crippen LogP contribution in [0, 0.1) is 11.3 Å². The Balaban J connectivity index is 2.75. The molecule has 0 saturated heterocycles.